The van der Waals surface area contributed by atoms with Gasteiger partial charge in [0.25, 0.3) is 0 Å². The fourth-order valence-corrected chi connectivity index (χ4v) is 4.17. The summed E-state index contributed by atoms with van der Waals surface area (Å²) in [6.45, 7) is 2.80. The lowest BCUT2D eigenvalue weighted by Crippen LogP contribution is -2.60. The van der Waals surface area contributed by atoms with Crippen molar-refractivity contribution in [3.8, 4) is 17.2 Å². The van der Waals surface area contributed by atoms with Crippen LogP contribution in [-0.4, -0.2) is 105 Å². The standard InChI is InChI=1S/C24H30O14/c1-3-11-12(4-5-35-21(32)10-6-14(26)17(28)15(27)7-10)13(22(33)34-2)9-36-23(11)38-24-20(31)19(30)18(29)16(8-25)37-24/h3,6-7,9,11-12,16,18-20,23-31H,1,4-5,8H2,2H3/t11-,12+,16+,18+,19+,20+,23+,24+/m0/s1. The molecule has 2 aliphatic heterocycles. The topological polar surface area (TPSA) is 222 Å². The van der Waals surface area contributed by atoms with Crippen LogP contribution in [0.25, 0.3) is 0 Å². The molecule has 1 aromatic carbocycles. The monoisotopic (exact) mass is 542 g/mol. The molecule has 2 heterocycles. The molecule has 1 aromatic rings. The SMILES string of the molecule is C=C[C@@H]1[C@@H](O[C@H]2O[C@H](CO)[C@@H](O)[C@@H](O)[C@H]2O)OC=C(C(=O)OC)[C@@H]1CCOC(=O)c1cc(O)c(O)c(O)c1. The number of rotatable bonds is 9. The number of benzene rings is 1. The van der Waals surface area contributed by atoms with Crippen molar-refractivity contribution in [1.29, 1.82) is 0 Å². The highest BCUT2D eigenvalue weighted by Crippen LogP contribution is 2.38. The average Bonchev–Trinajstić information content (AvgIpc) is 2.91. The Labute approximate surface area is 216 Å². The first-order valence-electron chi connectivity index (χ1n) is 11.5. The number of phenolic OH excluding ortho intramolecular Hbond substituents is 3. The number of aliphatic hydroxyl groups excluding tert-OH is 4. The van der Waals surface area contributed by atoms with Crippen molar-refractivity contribution < 1.29 is 69.0 Å². The summed E-state index contributed by atoms with van der Waals surface area (Å²) >= 11 is 0. The first kappa shape index (κ1) is 29.2. The molecule has 1 fully saturated rings. The van der Waals surface area contributed by atoms with E-state index >= 15 is 0 Å². The molecule has 0 amide bonds. The fourth-order valence-electron chi connectivity index (χ4n) is 4.17. The number of esters is 2. The average molecular weight is 542 g/mol. The number of aliphatic hydroxyl groups is 4. The normalized spacial score (nSPS) is 31.0. The van der Waals surface area contributed by atoms with E-state index in [0.717, 1.165) is 25.5 Å². The molecule has 0 unspecified atom stereocenters. The number of carbonyl (C=O) groups excluding carboxylic acids is 2. The summed E-state index contributed by atoms with van der Waals surface area (Å²) in [5, 5.41) is 68.4. The molecule has 3 rings (SSSR count). The van der Waals surface area contributed by atoms with E-state index in [-0.39, 0.29) is 24.2 Å². The van der Waals surface area contributed by atoms with Crippen LogP contribution in [0.5, 0.6) is 17.2 Å². The van der Waals surface area contributed by atoms with Gasteiger partial charge in [-0.1, -0.05) is 6.08 Å². The lowest BCUT2D eigenvalue weighted by Gasteiger charge is -2.43. The van der Waals surface area contributed by atoms with Crippen molar-refractivity contribution >= 4 is 11.9 Å². The zero-order chi connectivity index (χ0) is 28.1. The molecule has 8 atom stereocenters. The Morgan fingerprint density at radius 2 is 1.68 bits per heavy atom. The van der Waals surface area contributed by atoms with Crippen LogP contribution in [0.3, 0.4) is 0 Å². The zero-order valence-electron chi connectivity index (χ0n) is 20.2. The van der Waals surface area contributed by atoms with E-state index in [4.69, 9.17) is 23.7 Å². The van der Waals surface area contributed by atoms with E-state index in [1.54, 1.807) is 0 Å². The Balaban J connectivity index is 1.75. The summed E-state index contributed by atoms with van der Waals surface area (Å²) in [7, 11) is 1.16. The van der Waals surface area contributed by atoms with E-state index in [0.29, 0.717) is 0 Å². The lowest BCUT2D eigenvalue weighted by atomic mass is 9.82. The number of ether oxygens (including phenoxy) is 5. The predicted molar refractivity (Wildman–Crippen MR) is 123 cm³/mol. The van der Waals surface area contributed by atoms with Crippen LogP contribution < -0.4 is 0 Å². The zero-order valence-corrected chi connectivity index (χ0v) is 20.2. The smallest absolute Gasteiger partial charge is 0.338 e. The van der Waals surface area contributed by atoms with Gasteiger partial charge in [-0.15, -0.1) is 6.58 Å². The fraction of sp³-hybridized carbons (Fsp3) is 0.500. The molecular formula is C24H30O14. The van der Waals surface area contributed by atoms with Crippen LogP contribution in [-0.2, 0) is 28.5 Å². The van der Waals surface area contributed by atoms with Gasteiger partial charge >= 0.3 is 11.9 Å². The van der Waals surface area contributed by atoms with Gasteiger partial charge in [0.05, 0.1) is 37.7 Å². The molecule has 0 aromatic heterocycles. The third kappa shape index (κ3) is 6.01. The van der Waals surface area contributed by atoms with Gasteiger partial charge in [-0.3, -0.25) is 0 Å². The maximum atomic E-state index is 12.4. The number of methoxy groups -OCH3 is 1. The minimum Gasteiger partial charge on any atom is -0.504 e. The summed E-state index contributed by atoms with van der Waals surface area (Å²) < 4.78 is 26.6. The number of hydrogen-bond donors (Lipinski definition) is 7. The van der Waals surface area contributed by atoms with E-state index < -0.39 is 84.6 Å². The van der Waals surface area contributed by atoms with Crippen molar-refractivity contribution in [3.63, 3.8) is 0 Å². The minimum atomic E-state index is -1.70. The second kappa shape index (κ2) is 12.4. The van der Waals surface area contributed by atoms with Crippen molar-refractivity contribution in [2.24, 2.45) is 11.8 Å². The van der Waals surface area contributed by atoms with E-state index in [1.165, 1.54) is 6.08 Å². The summed E-state index contributed by atoms with van der Waals surface area (Å²) in [5.74, 6) is -5.48. The van der Waals surface area contributed by atoms with Crippen LogP contribution in [0.15, 0.2) is 36.6 Å². The molecular weight excluding hydrogens is 512 g/mol. The van der Waals surface area contributed by atoms with E-state index in [9.17, 15) is 45.3 Å². The number of hydrogen-bond acceptors (Lipinski definition) is 14. The first-order valence-corrected chi connectivity index (χ1v) is 11.5. The third-order valence-corrected chi connectivity index (χ3v) is 6.28. The van der Waals surface area contributed by atoms with Gasteiger partial charge in [-0.25, -0.2) is 9.59 Å². The minimum absolute atomic E-state index is 0.0112. The molecule has 2 aliphatic rings. The molecule has 1 saturated heterocycles. The Morgan fingerprint density at radius 1 is 1.03 bits per heavy atom. The van der Waals surface area contributed by atoms with Gasteiger partial charge in [-0.05, 0) is 18.6 Å². The van der Waals surface area contributed by atoms with Crippen LogP contribution in [0.4, 0.5) is 0 Å². The molecule has 0 saturated carbocycles. The molecule has 210 valence electrons. The third-order valence-electron chi connectivity index (χ3n) is 6.28. The Morgan fingerprint density at radius 3 is 2.26 bits per heavy atom. The number of aromatic hydroxyl groups is 3. The van der Waals surface area contributed by atoms with Gasteiger partial charge in [-0.2, -0.15) is 0 Å². The molecule has 0 radical (unpaired) electrons. The van der Waals surface area contributed by atoms with Crippen molar-refractivity contribution in [2.75, 3.05) is 20.3 Å². The molecule has 14 heteroatoms. The number of carbonyl (C=O) groups is 2. The molecule has 14 nitrogen and oxygen atoms in total. The quantitative estimate of drug-likeness (QED) is 0.113. The summed E-state index contributed by atoms with van der Waals surface area (Å²) in [4.78, 5) is 24.8. The second-order valence-corrected chi connectivity index (χ2v) is 8.61. The summed E-state index contributed by atoms with van der Waals surface area (Å²) in [6, 6.07) is 1.81. The van der Waals surface area contributed by atoms with Crippen molar-refractivity contribution in [3.05, 3.63) is 42.2 Å². The van der Waals surface area contributed by atoms with Crippen molar-refractivity contribution in [1.82, 2.24) is 0 Å². The van der Waals surface area contributed by atoms with Crippen LogP contribution in [0.2, 0.25) is 0 Å². The Bertz CT molecular complexity index is 1030. The Hall–Kier alpha value is -3.40. The maximum absolute atomic E-state index is 12.4. The maximum Gasteiger partial charge on any atom is 0.338 e. The highest BCUT2D eigenvalue weighted by atomic mass is 16.8. The van der Waals surface area contributed by atoms with Crippen LogP contribution in [0.1, 0.15) is 16.8 Å². The highest BCUT2D eigenvalue weighted by Gasteiger charge is 2.47. The molecule has 38 heavy (non-hydrogen) atoms. The summed E-state index contributed by atoms with van der Waals surface area (Å²) in [6.07, 6.45) is -6.49. The van der Waals surface area contributed by atoms with Gasteiger partial charge in [0.15, 0.2) is 23.5 Å². The molecule has 0 spiro atoms. The Kier molecular flexibility index (Phi) is 9.54. The van der Waals surface area contributed by atoms with E-state index in [2.05, 4.69) is 6.58 Å². The van der Waals surface area contributed by atoms with Crippen molar-refractivity contribution in [2.45, 2.75) is 43.4 Å². The molecule has 0 bridgehead atoms. The van der Waals surface area contributed by atoms with Gasteiger partial charge in [0.2, 0.25) is 6.29 Å². The number of phenols is 3. The van der Waals surface area contributed by atoms with Gasteiger partial charge in [0.1, 0.15) is 24.4 Å². The van der Waals surface area contributed by atoms with E-state index in [1.807, 2.05) is 0 Å². The summed E-state index contributed by atoms with van der Waals surface area (Å²) in [5.41, 5.74) is -0.181. The van der Waals surface area contributed by atoms with Crippen LogP contribution >= 0.6 is 0 Å². The van der Waals surface area contributed by atoms with Gasteiger partial charge < -0.3 is 59.4 Å². The van der Waals surface area contributed by atoms with Crippen LogP contribution in [0, 0.1) is 11.8 Å². The second-order valence-electron chi connectivity index (χ2n) is 8.61. The highest BCUT2D eigenvalue weighted by molar-refractivity contribution is 5.91. The molecule has 0 aliphatic carbocycles. The first-order chi connectivity index (χ1) is 18.0. The van der Waals surface area contributed by atoms with Gasteiger partial charge in [0, 0.05) is 11.8 Å². The molecule has 7 N–H and O–H groups in total. The largest absolute Gasteiger partial charge is 0.504 e. The predicted octanol–water partition coefficient (Wildman–Crippen LogP) is -1.00. The lowest BCUT2D eigenvalue weighted by molar-refractivity contribution is -0.339.